The normalized spacial score (nSPS) is 23.2. The first-order valence-electron chi connectivity index (χ1n) is 9.16. The number of methoxy groups -OCH3 is 1. The number of aromatic nitrogens is 2. The number of aryl methyl sites for hydroxylation is 1. The van der Waals surface area contributed by atoms with Crippen LogP contribution in [0.15, 0.2) is 24.3 Å². The predicted octanol–water partition coefficient (Wildman–Crippen LogP) is 2.28. The molecule has 0 aliphatic carbocycles. The number of nitrogens with zero attached hydrogens (tertiary/aromatic N) is 3. The van der Waals surface area contributed by atoms with Crippen molar-refractivity contribution in [3.05, 3.63) is 34.8 Å². The fourth-order valence-corrected chi connectivity index (χ4v) is 4.16. The van der Waals surface area contributed by atoms with Crippen LogP contribution in [0.3, 0.4) is 0 Å². The molecular formula is C19H26N4O3S. The first kappa shape index (κ1) is 19.7. The number of likely N-dealkylation sites (tertiary alicyclic amines) is 1. The Morgan fingerprint density at radius 3 is 2.74 bits per heavy atom. The van der Waals surface area contributed by atoms with Crippen molar-refractivity contribution >= 4 is 22.4 Å². The van der Waals surface area contributed by atoms with E-state index in [1.807, 2.05) is 38.1 Å². The summed E-state index contributed by atoms with van der Waals surface area (Å²) in [5.41, 5.74) is -0.00466. The van der Waals surface area contributed by atoms with Crippen LogP contribution in [0.5, 0.6) is 5.75 Å². The molecule has 1 aromatic carbocycles. The van der Waals surface area contributed by atoms with E-state index in [4.69, 9.17) is 4.74 Å². The zero-order valence-corrected chi connectivity index (χ0v) is 16.8. The minimum Gasteiger partial charge on any atom is -0.497 e. The molecule has 3 rings (SSSR count). The van der Waals surface area contributed by atoms with E-state index in [2.05, 4.69) is 20.4 Å². The molecule has 0 saturated carbocycles. The molecule has 2 heterocycles. The van der Waals surface area contributed by atoms with Crippen LogP contribution in [0.25, 0.3) is 0 Å². The Morgan fingerprint density at radius 1 is 1.41 bits per heavy atom. The Morgan fingerprint density at radius 2 is 2.15 bits per heavy atom. The van der Waals surface area contributed by atoms with E-state index < -0.39 is 5.60 Å². The van der Waals surface area contributed by atoms with E-state index in [-0.39, 0.29) is 18.4 Å². The number of anilines is 1. The van der Waals surface area contributed by atoms with Crippen LogP contribution in [-0.4, -0.2) is 52.9 Å². The van der Waals surface area contributed by atoms with Crippen LogP contribution in [0.4, 0.5) is 5.13 Å². The highest BCUT2D eigenvalue weighted by Crippen LogP contribution is 2.37. The number of piperidine rings is 1. The first-order valence-corrected chi connectivity index (χ1v) is 9.97. The standard InChI is InChI=1S/C19H26N4O3S/c1-4-17-21-22-18(27-17)20-16(24)12-23-10-9-19(25,13(2)11-23)14-5-7-15(26-3)8-6-14/h5-8,13,25H,4,9-12H2,1-3H3,(H,20,22,24). The topological polar surface area (TPSA) is 87.6 Å². The lowest BCUT2D eigenvalue weighted by atomic mass is 9.77. The molecule has 1 aliphatic heterocycles. The molecule has 2 atom stereocenters. The number of nitrogens with one attached hydrogen (secondary N) is 1. The van der Waals surface area contributed by atoms with Crippen LogP contribution in [0.1, 0.15) is 30.8 Å². The number of hydrogen-bond donors (Lipinski definition) is 2. The number of carbonyl (C=O) groups excluding carboxylic acids is 1. The van der Waals surface area contributed by atoms with Gasteiger partial charge in [0.2, 0.25) is 11.0 Å². The van der Waals surface area contributed by atoms with E-state index in [1.165, 1.54) is 11.3 Å². The summed E-state index contributed by atoms with van der Waals surface area (Å²) in [6.07, 6.45) is 1.38. The van der Waals surface area contributed by atoms with Gasteiger partial charge in [-0.3, -0.25) is 15.0 Å². The maximum Gasteiger partial charge on any atom is 0.240 e. The van der Waals surface area contributed by atoms with Crippen molar-refractivity contribution in [2.75, 3.05) is 32.1 Å². The maximum absolute atomic E-state index is 12.3. The molecule has 0 spiro atoms. The smallest absolute Gasteiger partial charge is 0.240 e. The molecule has 7 nitrogen and oxygen atoms in total. The van der Waals surface area contributed by atoms with Gasteiger partial charge in [0.05, 0.1) is 19.3 Å². The molecule has 8 heteroatoms. The quantitative estimate of drug-likeness (QED) is 0.787. The number of hydrogen-bond acceptors (Lipinski definition) is 7. The first-order chi connectivity index (χ1) is 12.9. The molecule has 1 aromatic heterocycles. The Balaban J connectivity index is 1.57. The van der Waals surface area contributed by atoms with Gasteiger partial charge >= 0.3 is 0 Å². The van der Waals surface area contributed by atoms with Gasteiger partial charge < -0.3 is 9.84 Å². The minimum absolute atomic E-state index is 0.000619. The number of amides is 1. The zero-order chi connectivity index (χ0) is 19.4. The largest absolute Gasteiger partial charge is 0.497 e. The van der Waals surface area contributed by atoms with Crippen molar-refractivity contribution in [3.63, 3.8) is 0 Å². The highest BCUT2D eigenvalue weighted by atomic mass is 32.1. The fraction of sp³-hybridized carbons (Fsp3) is 0.526. The van der Waals surface area contributed by atoms with Gasteiger partial charge in [0.25, 0.3) is 0 Å². The lowest BCUT2D eigenvalue weighted by Gasteiger charge is -2.43. The molecule has 1 amide bonds. The van der Waals surface area contributed by atoms with Gasteiger partial charge in [0.15, 0.2) is 0 Å². The number of aliphatic hydroxyl groups is 1. The Labute approximate surface area is 163 Å². The van der Waals surface area contributed by atoms with Crippen molar-refractivity contribution in [2.24, 2.45) is 5.92 Å². The lowest BCUT2D eigenvalue weighted by Crippen LogP contribution is -2.50. The molecule has 0 bridgehead atoms. The second-order valence-electron chi connectivity index (χ2n) is 6.94. The maximum atomic E-state index is 12.3. The molecule has 0 radical (unpaired) electrons. The highest BCUT2D eigenvalue weighted by Gasteiger charge is 2.40. The molecule has 146 valence electrons. The second kappa shape index (κ2) is 8.33. The summed E-state index contributed by atoms with van der Waals surface area (Å²) < 4.78 is 5.19. The van der Waals surface area contributed by atoms with E-state index >= 15 is 0 Å². The third kappa shape index (κ3) is 4.45. The Kier molecular flexibility index (Phi) is 6.08. The lowest BCUT2D eigenvalue weighted by molar-refractivity contribution is -0.120. The third-order valence-corrected chi connectivity index (χ3v) is 6.11. The second-order valence-corrected chi connectivity index (χ2v) is 8.00. The van der Waals surface area contributed by atoms with Gasteiger partial charge in [-0.15, -0.1) is 10.2 Å². The monoisotopic (exact) mass is 390 g/mol. The van der Waals surface area contributed by atoms with E-state index in [0.717, 1.165) is 22.7 Å². The van der Waals surface area contributed by atoms with Crippen LogP contribution in [0.2, 0.25) is 0 Å². The molecule has 27 heavy (non-hydrogen) atoms. The van der Waals surface area contributed by atoms with Crippen LogP contribution >= 0.6 is 11.3 Å². The molecule has 1 fully saturated rings. The average molecular weight is 391 g/mol. The molecule has 1 aliphatic rings. The van der Waals surface area contributed by atoms with Crippen molar-refractivity contribution in [1.82, 2.24) is 15.1 Å². The zero-order valence-electron chi connectivity index (χ0n) is 15.9. The van der Waals surface area contributed by atoms with Gasteiger partial charge in [0.1, 0.15) is 10.8 Å². The average Bonchev–Trinajstić information content (AvgIpc) is 3.12. The summed E-state index contributed by atoms with van der Waals surface area (Å²) in [4.78, 5) is 14.4. The number of carbonyl (C=O) groups is 1. The van der Waals surface area contributed by atoms with Crippen molar-refractivity contribution in [3.8, 4) is 5.75 Å². The molecular weight excluding hydrogens is 364 g/mol. The summed E-state index contributed by atoms with van der Waals surface area (Å²) in [6.45, 7) is 5.60. The summed E-state index contributed by atoms with van der Waals surface area (Å²) in [6, 6.07) is 7.57. The van der Waals surface area contributed by atoms with Crippen LogP contribution in [0, 0.1) is 5.92 Å². The number of rotatable bonds is 6. The number of ether oxygens (including phenoxy) is 1. The van der Waals surface area contributed by atoms with Crippen LogP contribution < -0.4 is 10.1 Å². The summed E-state index contributed by atoms with van der Waals surface area (Å²) >= 11 is 1.40. The predicted molar refractivity (Wildman–Crippen MR) is 105 cm³/mol. The molecule has 2 unspecified atom stereocenters. The van der Waals surface area contributed by atoms with Gasteiger partial charge in [-0.05, 0) is 30.5 Å². The highest BCUT2D eigenvalue weighted by molar-refractivity contribution is 7.15. The summed E-state index contributed by atoms with van der Waals surface area (Å²) in [7, 11) is 1.63. The van der Waals surface area contributed by atoms with Crippen molar-refractivity contribution in [1.29, 1.82) is 0 Å². The SMILES string of the molecule is CCc1nnc(NC(=O)CN2CCC(O)(c3ccc(OC)cc3)C(C)C2)s1. The van der Waals surface area contributed by atoms with Gasteiger partial charge in [0, 0.05) is 19.0 Å². The molecule has 2 aromatic rings. The summed E-state index contributed by atoms with van der Waals surface area (Å²) in [5.74, 6) is 0.670. The van der Waals surface area contributed by atoms with Gasteiger partial charge in [-0.2, -0.15) is 0 Å². The summed E-state index contributed by atoms with van der Waals surface area (Å²) in [5, 5.41) is 23.5. The van der Waals surface area contributed by atoms with Crippen molar-refractivity contribution < 1.29 is 14.6 Å². The van der Waals surface area contributed by atoms with Gasteiger partial charge in [-0.1, -0.05) is 37.3 Å². The Bertz CT molecular complexity index is 780. The van der Waals surface area contributed by atoms with Crippen molar-refractivity contribution in [2.45, 2.75) is 32.3 Å². The molecule has 2 N–H and O–H groups in total. The Hall–Kier alpha value is -2.03. The van der Waals surface area contributed by atoms with E-state index in [1.54, 1.807) is 7.11 Å². The minimum atomic E-state index is -0.894. The third-order valence-electron chi connectivity index (χ3n) is 5.13. The fourth-order valence-electron chi connectivity index (χ4n) is 3.47. The molecule has 1 saturated heterocycles. The van der Waals surface area contributed by atoms with E-state index in [0.29, 0.717) is 24.6 Å². The van der Waals surface area contributed by atoms with Gasteiger partial charge in [-0.25, -0.2) is 0 Å². The van der Waals surface area contributed by atoms with Crippen LogP contribution in [-0.2, 0) is 16.8 Å². The number of benzene rings is 1. The van der Waals surface area contributed by atoms with E-state index in [9.17, 15) is 9.90 Å².